The number of fused-ring (bicyclic) bond motifs is 1. The van der Waals surface area contributed by atoms with Crippen LogP contribution in [0.4, 0.5) is 5.82 Å². The number of methoxy groups -OCH3 is 1. The average Bonchev–Trinajstić information content (AvgIpc) is 2.92. The zero-order valence-electron chi connectivity index (χ0n) is 10.6. The molecule has 0 bridgehead atoms. The number of ether oxygens (including phenoxy) is 1. The Morgan fingerprint density at radius 1 is 1.20 bits per heavy atom. The maximum absolute atomic E-state index is 12.4. The molecule has 20 heavy (non-hydrogen) atoms. The second-order valence-corrected chi connectivity index (χ2v) is 4.08. The number of carbonyl (C=O) groups is 1. The number of imidazole rings is 1. The van der Waals surface area contributed by atoms with Crippen molar-refractivity contribution in [2.75, 3.05) is 12.8 Å². The first-order valence-corrected chi connectivity index (χ1v) is 5.83. The van der Waals surface area contributed by atoms with Crippen LogP contribution >= 0.6 is 0 Å². The molecule has 0 radical (unpaired) electrons. The molecule has 3 rings (SSSR count). The van der Waals surface area contributed by atoms with Crippen molar-refractivity contribution in [3.63, 3.8) is 0 Å². The highest BCUT2D eigenvalue weighted by Crippen LogP contribution is 2.17. The van der Waals surface area contributed by atoms with Gasteiger partial charge in [0.05, 0.1) is 7.11 Å². The molecule has 0 spiro atoms. The van der Waals surface area contributed by atoms with E-state index in [9.17, 15) is 4.79 Å². The average molecular weight is 269 g/mol. The monoisotopic (exact) mass is 269 g/mol. The summed E-state index contributed by atoms with van der Waals surface area (Å²) in [5.41, 5.74) is 6.99. The Morgan fingerprint density at radius 2 is 1.95 bits per heavy atom. The molecule has 0 saturated heterocycles. The Labute approximate surface area is 114 Å². The van der Waals surface area contributed by atoms with E-state index in [2.05, 4.69) is 15.0 Å². The van der Waals surface area contributed by atoms with E-state index in [4.69, 9.17) is 10.5 Å². The summed E-state index contributed by atoms with van der Waals surface area (Å²) in [6.45, 7) is 0. The summed E-state index contributed by atoms with van der Waals surface area (Å²) in [5, 5.41) is 0. The van der Waals surface area contributed by atoms with Crippen LogP contribution in [0.3, 0.4) is 0 Å². The van der Waals surface area contributed by atoms with Crippen LogP contribution < -0.4 is 10.5 Å². The van der Waals surface area contributed by atoms with Crippen molar-refractivity contribution in [2.24, 2.45) is 0 Å². The van der Waals surface area contributed by atoms with Gasteiger partial charge in [-0.1, -0.05) is 0 Å². The number of hydrogen-bond donors (Lipinski definition) is 1. The Kier molecular flexibility index (Phi) is 2.79. The first kappa shape index (κ1) is 12.1. The third-order valence-corrected chi connectivity index (χ3v) is 2.92. The van der Waals surface area contributed by atoms with Gasteiger partial charge in [0.25, 0.3) is 5.91 Å². The van der Waals surface area contributed by atoms with Crippen LogP contribution in [0.15, 0.2) is 36.9 Å². The largest absolute Gasteiger partial charge is 0.497 e. The predicted molar refractivity (Wildman–Crippen MR) is 72.5 cm³/mol. The molecular formula is C13H11N5O2. The van der Waals surface area contributed by atoms with E-state index in [1.807, 2.05) is 0 Å². The van der Waals surface area contributed by atoms with Gasteiger partial charge in [-0.15, -0.1) is 0 Å². The lowest BCUT2D eigenvalue weighted by molar-refractivity contribution is 0.0964. The summed E-state index contributed by atoms with van der Waals surface area (Å²) in [7, 11) is 1.57. The van der Waals surface area contributed by atoms with Gasteiger partial charge in [0.15, 0.2) is 17.0 Å². The molecule has 0 atom stereocenters. The normalized spacial score (nSPS) is 10.7. The summed E-state index contributed by atoms with van der Waals surface area (Å²) in [6, 6.07) is 6.79. The van der Waals surface area contributed by atoms with Crippen LogP contribution in [0, 0.1) is 0 Å². The zero-order valence-corrected chi connectivity index (χ0v) is 10.6. The van der Waals surface area contributed by atoms with E-state index >= 15 is 0 Å². The van der Waals surface area contributed by atoms with Gasteiger partial charge in [-0.2, -0.15) is 0 Å². The Bertz CT molecular complexity index is 779. The second kappa shape index (κ2) is 4.61. The molecule has 0 aliphatic carbocycles. The standard InChI is InChI=1S/C13H11N5O2/c1-20-9-4-2-8(3-5-9)13(19)18-7-17-10-11(14)15-6-16-12(10)18/h2-7H,1H3,(H2,14,15,16). The lowest BCUT2D eigenvalue weighted by atomic mass is 10.2. The fraction of sp³-hybridized carbons (Fsp3) is 0.0769. The first-order valence-electron chi connectivity index (χ1n) is 5.83. The van der Waals surface area contributed by atoms with Gasteiger partial charge in [0.1, 0.15) is 18.4 Å². The van der Waals surface area contributed by atoms with Crippen molar-refractivity contribution in [3.8, 4) is 5.75 Å². The van der Waals surface area contributed by atoms with Crippen molar-refractivity contribution in [2.45, 2.75) is 0 Å². The zero-order chi connectivity index (χ0) is 14.1. The lowest BCUT2D eigenvalue weighted by Gasteiger charge is -2.04. The van der Waals surface area contributed by atoms with Crippen LogP contribution in [-0.2, 0) is 0 Å². The smallest absolute Gasteiger partial charge is 0.264 e. The quantitative estimate of drug-likeness (QED) is 0.748. The molecule has 0 saturated carbocycles. The molecule has 2 aromatic heterocycles. The molecule has 2 heterocycles. The Hall–Kier alpha value is -2.96. The van der Waals surface area contributed by atoms with Gasteiger partial charge in [-0.3, -0.25) is 4.79 Å². The minimum Gasteiger partial charge on any atom is -0.497 e. The van der Waals surface area contributed by atoms with Crippen LogP contribution in [0.2, 0.25) is 0 Å². The molecule has 7 heteroatoms. The minimum absolute atomic E-state index is 0.242. The molecule has 2 N–H and O–H groups in total. The van der Waals surface area contributed by atoms with E-state index in [0.29, 0.717) is 22.5 Å². The maximum atomic E-state index is 12.4. The van der Waals surface area contributed by atoms with E-state index in [-0.39, 0.29) is 11.7 Å². The number of hydrogen-bond acceptors (Lipinski definition) is 6. The van der Waals surface area contributed by atoms with Crippen molar-refractivity contribution in [1.29, 1.82) is 0 Å². The second-order valence-electron chi connectivity index (χ2n) is 4.08. The molecule has 0 aliphatic rings. The number of nitrogens with zero attached hydrogens (tertiary/aromatic N) is 4. The summed E-state index contributed by atoms with van der Waals surface area (Å²) in [5.74, 6) is 0.688. The maximum Gasteiger partial charge on any atom is 0.264 e. The molecular weight excluding hydrogens is 258 g/mol. The summed E-state index contributed by atoms with van der Waals surface area (Å²) in [4.78, 5) is 24.4. The van der Waals surface area contributed by atoms with Crippen LogP contribution in [0.25, 0.3) is 11.2 Å². The summed E-state index contributed by atoms with van der Waals surface area (Å²) >= 11 is 0. The lowest BCUT2D eigenvalue weighted by Crippen LogP contribution is -2.11. The number of rotatable bonds is 2. The van der Waals surface area contributed by atoms with Crippen molar-refractivity contribution < 1.29 is 9.53 Å². The number of anilines is 1. The van der Waals surface area contributed by atoms with Crippen molar-refractivity contribution >= 4 is 22.9 Å². The van der Waals surface area contributed by atoms with Crippen molar-refractivity contribution in [3.05, 3.63) is 42.5 Å². The van der Waals surface area contributed by atoms with Gasteiger partial charge in [0.2, 0.25) is 0 Å². The van der Waals surface area contributed by atoms with E-state index in [1.165, 1.54) is 17.2 Å². The Morgan fingerprint density at radius 3 is 2.65 bits per heavy atom. The van der Waals surface area contributed by atoms with Crippen LogP contribution in [0.1, 0.15) is 10.4 Å². The van der Waals surface area contributed by atoms with Crippen LogP contribution in [-0.4, -0.2) is 32.5 Å². The highest BCUT2D eigenvalue weighted by molar-refractivity contribution is 6.01. The fourth-order valence-corrected chi connectivity index (χ4v) is 1.87. The molecule has 0 fully saturated rings. The van der Waals surface area contributed by atoms with Gasteiger partial charge in [0, 0.05) is 5.56 Å². The third kappa shape index (κ3) is 1.85. The van der Waals surface area contributed by atoms with Gasteiger partial charge < -0.3 is 10.5 Å². The first-order chi connectivity index (χ1) is 9.70. The van der Waals surface area contributed by atoms with Crippen LogP contribution in [0.5, 0.6) is 5.75 Å². The number of nitrogens with two attached hydrogens (primary N) is 1. The number of carbonyl (C=O) groups excluding carboxylic acids is 1. The third-order valence-electron chi connectivity index (χ3n) is 2.92. The molecule has 0 amide bonds. The topological polar surface area (TPSA) is 95.9 Å². The molecule has 1 aromatic carbocycles. The molecule has 100 valence electrons. The molecule has 3 aromatic rings. The number of aromatic nitrogens is 4. The SMILES string of the molecule is COc1ccc(C(=O)n2cnc3c(N)ncnc32)cc1. The van der Waals surface area contributed by atoms with E-state index < -0.39 is 0 Å². The molecule has 7 nitrogen and oxygen atoms in total. The Balaban J connectivity index is 2.06. The van der Waals surface area contributed by atoms with Gasteiger partial charge in [-0.25, -0.2) is 19.5 Å². The highest BCUT2D eigenvalue weighted by Gasteiger charge is 2.15. The van der Waals surface area contributed by atoms with Crippen molar-refractivity contribution in [1.82, 2.24) is 19.5 Å². The molecule has 0 aliphatic heterocycles. The van der Waals surface area contributed by atoms with E-state index in [0.717, 1.165) is 0 Å². The highest BCUT2D eigenvalue weighted by atomic mass is 16.5. The van der Waals surface area contributed by atoms with E-state index in [1.54, 1.807) is 31.4 Å². The summed E-state index contributed by atoms with van der Waals surface area (Å²) < 4.78 is 6.40. The fourth-order valence-electron chi connectivity index (χ4n) is 1.87. The van der Waals surface area contributed by atoms with Gasteiger partial charge in [-0.05, 0) is 24.3 Å². The summed E-state index contributed by atoms with van der Waals surface area (Å²) in [6.07, 6.45) is 2.69. The molecule has 0 unspecified atom stereocenters. The number of nitrogen functional groups attached to an aromatic ring is 1. The minimum atomic E-state index is -0.242. The number of benzene rings is 1. The van der Waals surface area contributed by atoms with Gasteiger partial charge >= 0.3 is 0 Å². The predicted octanol–water partition coefficient (Wildman–Crippen LogP) is 1.11.